The van der Waals surface area contributed by atoms with E-state index in [1.165, 1.54) is 7.11 Å². The number of nitrogens with zero attached hydrogens (tertiary/aromatic N) is 2. The molecular weight excluding hydrogens is 318 g/mol. The van der Waals surface area contributed by atoms with Gasteiger partial charge in [-0.25, -0.2) is 0 Å². The van der Waals surface area contributed by atoms with Crippen LogP contribution < -0.4 is 10.1 Å². The Morgan fingerprint density at radius 3 is 2.52 bits per heavy atom. The smallest absolute Gasteiger partial charge is 0.277 e. The average Bonchev–Trinajstić information content (AvgIpc) is 3.02. The quantitative estimate of drug-likeness (QED) is 0.809. The van der Waals surface area contributed by atoms with Gasteiger partial charge in [0.1, 0.15) is 5.75 Å². The van der Waals surface area contributed by atoms with Crippen LogP contribution in [0.5, 0.6) is 5.75 Å². The Hall–Kier alpha value is -2.35. The molecule has 1 aromatic heterocycles. The predicted octanol–water partition coefficient (Wildman–Crippen LogP) is 2.25. The number of carbonyl (C=O) groups is 2. The summed E-state index contributed by atoms with van der Waals surface area (Å²) in [5.74, 6) is 0.402. The van der Waals surface area contributed by atoms with Gasteiger partial charge in [0, 0.05) is 11.5 Å². The third kappa shape index (κ3) is 4.82. The van der Waals surface area contributed by atoms with Crippen LogP contribution in [0.2, 0.25) is 0 Å². The Labute approximate surface area is 137 Å². The fraction of sp³-hybridized carbons (Fsp3) is 0.333. The van der Waals surface area contributed by atoms with Gasteiger partial charge < -0.3 is 9.15 Å². The van der Waals surface area contributed by atoms with E-state index in [1.54, 1.807) is 24.3 Å². The van der Waals surface area contributed by atoms with Gasteiger partial charge in [-0.3, -0.25) is 14.9 Å². The molecule has 0 unspecified atom stereocenters. The van der Waals surface area contributed by atoms with Crippen LogP contribution in [0.1, 0.15) is 36.0 Å². The van der Waals surface area contributed by atoms with Crippen molar-refractivity contribution in [3.8, 4) is 5.75 Å². The standard InChI is InChI=1S/C15H17N3O4S/c1-9(2)14-17-18-15(22-14)23-8-12(19)16-13(20)10-4-6-11(21-3)7-5-10/h4-7,9H,8H2,1-3H3,(H,16,19,20). The maximum atomic E-state index is 11.9. The van der Waals surface area contributed by atoms with Crippen LogP contribution in [0.3, 0.4) is 0 Å². The minimum absolute atomic E-state index is 0.0155. The average molecular weight is 335 g/mol. The summed E-state index contributed by atoms with van der Waals surface area (Å²) in [7, 11) is 1.54. The molecule has 0 bridgehead atoms. The van der Waals surface area contributed by atoms with Gasteiger partial charge in [0.05, 0.1) is 12.9 Å². The monoisotopic (exact) mass is 335 g/mol. The van der Waals surface area contributed by atoms with E-state index in [4.69, 9.17) is 9.15 Å². The Bertz CT molecular complexity index is 682. The number of hydrogen-bond donors (Lipinski definition) is 1. The molecular formula is C15H17N3O4S. The lowest BCUT2D eigenvalue weighted by Gasteiger charge is -2.04. The highest BCUT2D eigenvalue weighted by atomic mass is 32.2. The number of nitrogens with one attached hydrogen (secondary N) is 1. The van der Waals surface area contributed by atoms with Gasteiger partial charge in [0.25, 0.3) is 11.1 Å². The second-order valence-electron chi connectivity index (χ2n) is 4.96. The van der Waals surface area contributed by atoms with E-state index in [0.29, 0.717) is 22.4 Å². The number of hydrogen-bond acceptors (Lipinski definition) is 7. The summed E-state index contributed by atoms with van der Waals surface area (Å²) < 4.78 is 10.4. The molecule has 2 aromatic rings. The van der Waals surface area contributed by atoms with Crippen molar-refractivity contribution in [1.82, 2.24) is 15.5 Å². The number of rotatable bonds is 6. The minimum Gasteiger partial charge on any atom is -0.497 e. The third-order valence-corrected chi connectivity index (χ3v) is 3.67. The summed E-state index contributed by atoms with van der Waals surface area (Å²) in [5, 5.41) is 10.3. The van der Waals surface area contributed by atoms with Crippen molar-refractivity contribution < 1.29 is 18.7 Å². The molecule has 1 N–H and O–H groups in total. The molecule has 2 rings (SSSR count). The number of imide groups is 1. The molecule has 0 saturated carbocycles. The zero-order valence-electron chi connectivity index (χ0n) is 13.0. The summed E-state index contributed by atoms with van der Waals surface area (Å²) >= 11 is 1.09. The molecule has 0 aliphatic heterocycles. The first-order chi connectivity index (χ1) is 11.0. The second kappa shape index (κ2) is 7.77. The molecule has 7 nitrogen and oxygen atoms in total. The van der Waals surface area contributed by atoms with Gasteiger partial charge >= 0.3 is 0 Å². The molecule has 0 aliphatic carbocycles. The van der Waals surface area contributed by atoms with E-state index in [-0.39, 0.29) is 11.7 Å². The van der Waals surface area contributed by atoms with Crippen molar-refractivity contribution in [3.63, 3.8) is 0 Å². The summed E-state index contributed by atoms with van der Waals surface area (Å²) in [6.07, 6.45) is 0. The van der Waals surface area contributed by atoms with Crippen molar-refractivity contribution in [2.75, 3.05) is 12.9 Å². The van der Waals surface area contributed by atoms with Crippen molar-refractivity contribution in [2.45, 2.75) is 25.0 Å². The lowest BCUT2D eigenvalue weighted by Crippen LogP contribution is -2.31. The van der Waals surface area contributed by atoms with Crippen molar-refractivity contribution in [1.29, 1.82) is 0 Å². The van der Waals surface area contributed by atoms with Gasteiger partial charge in [0.15, 0.2) is 0 Å². The van der Waals surface area contributed by atoms with Gasteiger partial charge in [-0.2, -0.15) is 0 Å². The largest absolute Gasteiger partial charge is 0.497 e. The molecule has 8 heteroatoms. The van der Waals surface area contributed by atoms with Gasteiger partial charge in [-0.05, 0) is 24.3 Å². The zero-order valence-corrected chi connectivity index (χ0v) is 13.8. The van der Waals surface area contributed by atoms with Crippen LogP contribution in [0.25, 0.3) is 0 Å². The number of benzene rings is 1. The van der Waals surface area contributed by atoms with E-state index >= 15 is 0 Å². The molecule has 0 fully saturated rings. The van der Waals surface area contributed by atoms with E-state index in [1.807, 2.05) is 13.8 Å². The zero-order chi connectivity index (χ0) is 16.8. The van der Waals surface area contributed by atoms with Crippen molar-refractivity contribution in [3.05, 3.63) is 35.7 Å². The summed E-state index contributed by atoms with van der Waals surface area (Å²) in [6.45, 7) is 3.87. The minimum atomic E-state index is -0.466. The highest BCUT2D eigenvalue weighted by Crippen LogP contribution is 2.20. The maximum absolute atomic E-state index is 11.9. The molecule has 0 spiro atoms. The molecule has 1 heterocycles. The Balaban J connectivity index is 1.84. The number of aromatic nitrogens is 2. The number of ether oxygens (including phenoxy) is 1. The van der Waals surface area contributed by atoms with E-state index in [2.05, 4.69) is 15.5 Å². The fourth-order valence-electron chi connectivity index (χ4n) is 1.62. The highest BCUT2D eigenvalue weighted by molar-refractivity contribution is 7.99. The molecule has 122 valence electrons. The molecule has 0 saturated heterocycles. The second-order valence-corrected chi connectivity index (χ2v) is 5.88. The first-order valence-corrected chi connectivity index (χ1v) is 7.92. The first-order valence-electron chi connectivity index (χ1n) is 6.94. The van der Waals surface area contributed by atoms with E-state index in [9.17, 15) is 9.59 Å². The summed E-state index contributed by atoms with van der Waals surface area (Å²) in [6, 6.07) is 6.48. The van der Waals surface area contributed by atoms with Crippen LogP contribution in [0.15, 0.2) is 33.9 Å². The molecule has 1 aromatic carbocycles. The topological polar surface area (TPSA) is 94.3 Å². The van der Waals surface area contributed by atoms with Gasteiger partial charge in [0.2, 0.25) is 11.8 Å². The molecule has 0 aliphatic rings. The lowest BCUT2D eigenvalue weighted by molar-refractivity contribution is -0.117. The normalized spacial score (nSPS) is 10.6. The van der Waals surface area contributed by atoms with E-state index < -0.39 is 11.8 Å². The van der Waals surface area contributed by atoms with Crippen LogP contribution in [-0.4, -0.2) is 34.9 Å². The van der Waals surface area contributed by atoms with Crippen LogP contribution in [0.4, 0.5) is 0 Å². The van der Waals surface area contributed by atoms with Crippen molar-refractivity contribution >= 4 is 23.6 Å². The first kappa shape index (κ1) is 17.0. The van der Waals surface area contributed by atoms with Gasteiger partial charge in [-0.15, -0.1) is 10.2 Å². The number of carbonyl (C=O) groups excluding carboxylic acids is 2. The number of amides is 2. The van der Waals surface area contributed by atoms with Crippen LogP contribution in [0, 0.1) is 0 Å². The van der Waals surface area contributed by atoms with Crippen LogP contribution in [-0.2, 0) is 4.79 Å². The maximum Gasteiger partial charge on any atom is 0.277 e. The van der Waals surface area contributed by atoms with E-state index in [0.717, 1.165) is 11.8 Å². The highest BCUT2D eigenvalue weighted by Gasteiger charge is 2.14. The Kier molecular flexibility index (Phi) is 5.75. The summed E-state index contributed by atoms with van der Waals surface area (Å²) in [5.41, 5.74) is 0.379. The predicted molar refractivity (Wildman–Crippen MR) is 84.6 cm³/mol. The molecule has 0 atom stereocenters. The van der Waals surface area contributed by atoms with Crippen molar-refractivity contribution in [2.24, 2.45) is 0 Å². The Morgan fingerprint density at radius 2 is 1.96 bits per heavy atom. The SMILES string of the molecule is COc1ccc(C(=O)NC(=O)CSc2nnc(C(C)C)o2)cc1. The third-order valence-electron chi connectivity index (χ3n) is 2.85. The lowest BCUT2D eigenvalue weighted by atomic mass is 10.2. The number of methoxy groups -OCH3 is 1. The van der Waals surface area contributed by atoms with Crippen LogP contribution >= 0.6 is 11.8 Å². The summed E-state index contributed by atoms with van der Waals surface area (Å²) in [4.78, 5) is 23.7. The number of thioether (sulfide) groups is 1. The molecule has 0 radical (unpaired) electrons. The Morgan fingerprint density at radius 1 is 1.26 bits per heavy atom. The van der Waals surface area contributed by atoms with Gasteiger partial charge in [-0.1, -0.05) is 25.6 Å². The fourth-order valence-corrected chi connectivity index (χ4v) is 2.19. The molecule has 2 amide bonds. The molecule has 23 heavy (non-hydrogen) atoms.